The van der Waals surface area contributed by atoms with Gasteiger partial charge in [0.25, 0.3) is 0 Å². The number of halogens is 2. The molecule has 0 unspecified atom stereocenters. The Kier molecular flexibility index (Phi) is 5.96. The lowest BCUT2D eigenvalue weighted by Gasteiger charge is -2.10. The van der Waals surface area contributed by atoms with E-state index in [2.05, 4.69) is 26.3 Å². The summed E-state index contributed by atoms with van der Waals surface area (Å²) in [4.78, 5) is 12.2. The number of carbonyl (C=O) groups is 1. The highest BCUT2D eigenvalue weighted by molar-refractivity contribution is 9.10. The van der Waals surface area contributed by atoms with Gasteiger partial charge in [0.2, 0.25) is 0 Å². The van der Waals surface area contributed by atoms with E-state index >= 15 is 0 Å². The van der Waals surface area contributed by atoms with Crippen molar-refractivity contribution < 1.29 is 9.53 Å². The summed E-state index contributed by atoms with van der Waals surface area (Å²) >= 11 is 9.52. The lowest BCUT2D eigenvalue weighted by molar-refractivity contribution is 0.163. The molecule has 2 aromatic carbocycles. The van der Waals surface area contributed by atoms with Gasteiger partial charge in [-0.1, -0.05) is 57.9 Å². The van der Waals surface area contributed by atoms with Gasteiger partial charge in [-0.15, -0.1) is 0 Å². The van der Waals surface area contributed by atoms with Crippen LogP contribution in [0.1, 0.15) is 5.56 Å². The maximum atomic E-state index is 12.2. The molecule has 0 saturated carbocycles. The van der Waals surface area contributed by atoms with Gasteiger partial charge in [0.1, 0.15) is 5.82 Å². The van der Waals surface area contributed by atoms with E-state index in [0.717, 1.165) is 21.2 Å². The van der Waals surface area contributed by atoms with Crippen molar-refractivity contribution in [2.45, 2.75) is 6.42 Å². The highest BCUT2D eigenvalue weighted by atomic mass is 79.9. The average Bonchev–Trinajstić information content (AvgIpc) is 2.98. The number of aryl methyl sites for hydroxylation is 1. The Morgan fingerprint density at radius 1 is 1.23 bits per heavy atom. The fraction of sp³-hybridized carbons (Fsp3) is 0.158. The number of carbonyl (C=O) groups excluding carboxylic acids is 1. The van der Waals surface area contributed by atoms with Crippen LogP contribution in [0.2, 0.25) is 5.02 Å². The van der Waals surface area contributed by atoms with Crippen molar-refractivity contribution in [3.05, 3.63) is 69.8 Å². The normalized spacial score (nSPS) is 10.6. The highest BCUT2D eigenvalue weighted by Gasteiger charge is 2.14. The largest absolute Gasteiger partial charge is 0.449 e. The second-order valence-electron chi connectivity index (χ2n) is 5.64. The maximum absolute atomic E-state index is 12.2. The fourth-order valence-electron chi connectivity index (χ4n) is 2.51. The lowest BCUT2D eigenvalue weighted by atomic mass is 10.1. The first-order valence-corrected chi connectivity index (χ1v) is 9.17. The number of rotatable bonds is 5. The van der Waals surface area contributed by atoms with E-state index in [1.165, 1.54) is 0 Å². The van der Waals surface area contributed by atoms with E-state index in [1.807, 2.05) is 48.5 Å². The summed E-state index contributed by atoms with van der Waals surface area (Å²) in [7, 11) is 1.77. The average molecular weight is 435 g/mol. The lowest BCUT2D eigenvalue weighted by Crippen LogP contribution is -2.18. The molecule has 0 bridgehead atoms. The molecule has 0 radical (unpaired) electrons. The summed E-state index contributed by atoms with van der Waals surface area (Å²) in [6, 6.07) is 15.3. The fourth-order valence-corrected chi connectivity index (χ4v) is 3.01. The molecule has 3 rings (SSSR count). The molecule has 0 aliphatic rings. The predicted molar refractivity (Wildman–Crippen MR) is 106 cm³/mol. The minimum atomic E-state index is -0.529. The van der Waals surface area contributed by atoms with Crippen LogP contribution in [0.3, 0.4) is 0 Å². The zero-order chi connectivity index (χ0) is 18.5. The van der Waals surface area contributed by atoms with Crippen LogP contribution in [0, 0.1) is 0 Å². The van der Waals surface area contributed by atoms with Gasteiger partial charge in [0, 0.05) is 28.5 Å². The van der Waals surface area contributed by atoms with Crippen LogP contribution in [-0.4, -0.2) is 22.5 Å². The number of nitrogens with zero attached hydrogens (tertiary/aromatic N) is 2. The Morgan fingerprint density at radius 2 is 1.96 bits per heavy atom. The third kappa shape index (κ3) is 4.45. The number of anilines is 1. The van der Waals surface area contributed by atoms with Crippen molar-refractivity contribution >= 4 is 39.4 Å². The minimum absolute atomic E-state index is 0.237. The van der Waals surface area contributed by atoms with Crippen LogP contribution in [0.15, 0.2) is 59.2 Å². The number of benzene rings is 2. The summed E-state index contributed by atoms with van der Waals surface area (Å²) in [5.74, 6) is 0.579. The molecule has 0 spiro atoms. The third-order valence-electron chi connectivity index (χ3n) is 3.88. The quantitative estimate of drug-likeness (QED) is 0.593. The van der Waals surface area contributed by atoms with E-state index in [9.17, 15) is 4.79 Å². The molecule has 1 aromatic heterocycles. The molecule has 26 heavy (non-hydrogen) atoms. The molecule has 134 valence electrons. The molecule has 7 heteroatoms. The van der Waals surface area contributed by atoms with E-state index in [0.29, 0.717) is 17.3 Å². The molecule has 5 nitrogen and oxygen atoms in total. The van der Waals surface area contributed by atoms with Gasteiger partial charge < -0.3 is 4.74 Å². The van der Waals surface area contributed by atoms with Crippen molar-refractivity contribution in [1.29, 1.82) is 0 Å². The zero-order valence-corrected chi connectivity index (χ0v) is 16.4. The molecule has 0 atom stereocenters. The highest BCUT2D eigenvalue weighted by Crippen LogP contribution is 2.28. The van der Waals surface area contributed by atoms with Crippen molar-refractivity contribution in [2.75, 3.05) is 11.9 Å². The number of amides is 1. The number of aromatic nitrogens is 2. The van der Waals surface area contributed by atoms with Gasteiger partial charge in [-0.25, -0.2) is 4.79 Å². The minimum Gasteiger partial charge on any atom is -0.449 e. The Balaban J connectivity index is 1.63. The molecule has 3 aromatic rings. The predicted octanol–water partition coefficient (Wildman–Crippen LogP) is 5.29. The zero-order valence-electron chi connectivity index (χ0n) is 14.1. The van der Waals surface area contributed by atoms with Crippen molar-refractivity contribution in [3.8, 4) is 11.1 Å². The molecule has 1 amide bonds. The molecular formula is C19H17BrClN3O2. The smallest absolute Gasteiger partial charge is 0.412 e. The molecule has 0 saturated heterocycles. The van der Waals surface area contributed by atoms with Gasteiger partial charge in [-0.2, -0.15) is 5.10 Å². The molecular weight excluding hydrogens is 418 g/mol. The van der Waals surface area contributed by atoms with Crippen LogP contribution in [-0.2, 0) is 18.2 Å². The van der Waals surface area contributed by atoms with Gasteiger partial charge in [-0.05, 0) is 29.3 Å². The first kappa shape index (κ1) is 18.5. The Labute approximate surface area is 165 Å². The summed E-state index contributed by atoms with van der Waals surface area (Å²) in [6.07, 6.45) is 1.74. The second-order valence-corrected chi connectivity index (χ2v) is 6.96. The van der Waals surface area contributed by atoms with Crippen molar-refractivity contribution in [3.63, 3.8) is 0 Å². The van der Waals surface area contributed by atoms with Gasteiger partial charge >= 0.3 is 6.09 Å². The topological polar surface area (TPSA) is 56.2 Å². The van der Waals surface area contributed by atoms with Crippen LogP contribution in [0.5, 0.6) is 0 Å². The number of hydrogen-bond donors (Lipinski definition) is 1. The Morgan fingerprint density at radius 3 is 2.69 bits per heavy atom. The Hall–Kier alpha value is -2.31. The summed E-state index contributed by atoms with van der Waals surface area (Å²) in [6.45, 7) is 0.237. The molecule has 1 N–H and O–H groups in total. The standard InChI is InChI=1S/C19H17BrClN3O2/c1-24-18(16(12-22-24)13-6-8-15(20)9-7-13)23-19(25)26-11-10-14-4-2-3-5-17(14)21/h2-9,12H,10-11H2,1H3,(H,23,25). The molecule has 0 aliphatic heterocycles. The number of ether oxygens (including phenoxy) is 1. The summed E-state index contributed by atoms with van der Waals surface area (Å²) in [5.41, 5.74) is 2.72. The van der Waals surface area contributed by atoms with Crippen LogP contribution in [0.4, 0.5) is 10.6 Å². The number of hydrogen-bond acceptors (Lipinski definition) is 3. The first-order valence-electron chi connectivity index (χ1n) is 7.99. The van der Waals surface area contributed by atoms with E-state index in [4.69, 9.17) is 16.3 Å². The van der Waals surface area contributed by atoms with Gasteiger partial charge in [0.05, 0.1) is 12.8 Å². The van der Waals surface area contributed by atoms with E-state index in [1.54, 1.807) is 17.9 Å². The summed E-state index contributed by atoms with van der Waals surface area (Å²) < 4.78 is 7.87. The molecule has 0 aliphatic carbocycles. The van der Waals surface area contributed by atoms with Crippen LogP contribution >= 0.6 is 27.5 Å². The molecule has 0 fully saturated rings. The Bertz CT molecular complexity index is 909. The van der Waals surface area contributed by atoms with Crippen LogP contribution < -0.4 is 5.32 Å². The monoisotopic (exact) mass is 433 g/mol. The van der Waals surface area contributed by atoms with E-state index in [-0.39, 0.29) is 6.61 Å². The number of nitrogens with one attached hydrogen (secondary N) is 1. The second kappa shape index (κ2) is 8.38. The van der Waals surface area contributed by atoms with Gasteiger partial charge in [0.15, 0.2) is 0 Å². The third-order valence-corrected chi connectivity index (χ3v) is 4.77. The van der Waals surface area contributed by atoms with Gasteiger partial charge in [-0.3, -0.25) is 10.00 Å². The van der Waals surface area contributed by atoms with Crippen molar-refractivity contribution in [1.82, 2.24) is 9.78 Å². The summed E-state index contributed by atoms with van der Waals surface area (Å²) in [5, 5.41) is 7.66. The van der Waals surface area contributed by atoms with Crippen LogP contribution in [0.25, 0.3) is 11.1 Å². The maximum Gasteiger partial charge on any atom is 0.412 e. The molecule has 1 heterocycles. The first-order chi connectivity index (χ1) is 12.5. The van der Waals surface area contributed by atoms with E-state index < -0.39 is 6.09 Å². The van der Waals surface area contributed by atoms with Crippen molar-refractivity contribution in [2.24, 2.45) is 7.05 Å². The SMILES string of the molecule is Cn1ncc(-c2ccc(Br)cc2)c1NC(=O)OCCc1ccccc1Cl.